The number of hydrogen-bond acceptors (Lipinski definition) is 5. The minimum absolute atomic E-state index is 0.277. The molecule has 0 amide bonds. The average molecular weight is 493 g/mol. The highest BCUT2D eigenvalue weighted by Crippen LogP contribution is 2.52. The Bertz CT molecular complexity index is 1020. The Morgan fingerprint density at radius 2 is 1.00 bits per heavy atom. The molecule has 4 aromatic rings. The fourth-order valence-electron chi connectivity index (χ4n) is 2.90. The molecule has 4 aromatic carbocycles. The van der Waals surface area contributed by atoms with Crippen LogP contribution in [0.3, 0.4) is 0 Å². The number of aliphatic hydroxyl groups excluding tert-OH is 1. The molecule has 0 unspecified atom stereocenters. The third kappa shape index (κ3) is 7.12. The summed E-state index contributed by atoms with van der Waals surface area (Å²) < 4.78 is 0. The predicted octanol–water partition coefficient (Wildman–Crippen LogP) is 8.23. The van der Waals surface area contributed by atoms with E-state index in [0.29, 0.717) is 0 Å². The summed E-state index contributed by atoms with van der Waals surface area (Å²) in [7, 11) is 0. The minimum Gasteiger partial charge on any atom is -0.391 e. The van der Waals surface area contributed by atoms with Gasteiger partial charge in [-0.3, -0.25) is 0 Å². The van der Waals surface area contributed by atoms with E-state index in [0.717, 1.165) is 11.5 Å². The molecule has 0 saturated carbocycles. The van der Waals surface area contributed by atoms with Gasteiger partial charge in [0.15, 0.2) is 0 Å². The average Bonchev–Trinajstić information content (AvgIpc) is 2.87. The summed E-state index contributed by atoms with van der Waals surface area (Å²) in [6, 6.07) is 37.4. The first-order chi connectivity index (χ1) is 15.8. The smallest absolute Gasteiger partial charge is 0.0727 e. The summed E-state index contributed by atoms with van der Waals surface area (Å²) in [4.78, 5) is 8.00. The van der Waals surface area contributed by atoms with Gasteiger partial charge in [0, 0.05) is 40.9 Å². The first-order valence-electron chi connectivity index (χ1n) is 10.4. The molecule has 1 aliphatic heterocycles. The Labute approximate surface area is 207 Å². The van der Waals surface area contributed by atoms with Gasteiger partial charge in [-0.1, -0.05) is 84.2 Å². The largest absolute Gasteiger partial charge is 0.391 e. The molecule has 0 aromatic heterocycles. The molecule has 1 aliphatic rings. The predicted molar refractivity (Wildman–Crippen MR) is 141 cm³/mol. The monoisotopic (exact) mass is 492 g/mol. The van der Waals surface area contributed by atoms with Crippen molar-refractivity contribution in [2.45, 2.75) is 35.5 Å². The molecule has 2 bridgehead atoms. The lowest BCUT2D eigenvalue weighted by atomic mass is 10.3. The van der Waals surface area contributed by atoms with Crippen molar-refractivity contribution in [1.29, 1.82) is 0 Å². The second-order valence-electron chi connectivity index (χ2n) is 7.00. The Hall–Kier alpha value is -1.76. The van der Waals surface area contributed by atoms with E-state index < -0.39 is 0 Å². The van der Waals surface area contributed by atoms with Gasteiger partial charge in [0.1, 0.15) is 0 Å². The van der Waals surface area contributed by atoms with Crippen molar-refractivity contribution in [3.8, 4) is 0 Å². The molecule has 0 aliphatic carbocycles. The minimum atomic E-state index is -0.277. The van der Waals surface area contributed by atoms with E-state index in [4.69, 9.17) is 0 Å². The summed E-state index contributed by atoms with van der Waals surface area (Å²) in [5.74, 6) is 1.48. The van der Waals surface area contributed by atoms with Crippen molar-refractivity contribution in [2.24, 2.45) is 0 Å². The number of aliphatic hydroxyl groups is 1. The molecule has 162 valence electrons. The molecule has 0 atom stereocenters. The molecule has 32 heavy (non-hydrogen) atoms. The van der Waals surface area contributed by atoms with E-state index in [2.05, 4.69) is 72.8 Å². The number of thioether (sulfide) groups is 2. The van der Waals surface area contributed by atoms with Crippen LogP contribution in [0, 0.1) is 0 Å². The van der Waals surface area contributed by atoms with Crippen LogP contribution in [-0.4, -0.2) is 22.7 Å². The van der Waals surface area contributed by atoms with Crippen LogP contribution >= 0.6 is 47.0 Å². The maximum Gasteiger partial charge on any atom is 0.0727 e. The van der Waals surface area contributed by atoms with E-state index >= 15 is 0 Å². The van der Waals surface area contributed by atoms with Crippen LogP contribution in [0.15, 0.2) is 139 Å². The van der Waals surface area contributed by atoms with Gasteiger partial charge in [0.25, 0.3) is 0 Å². The first kappa shape index (κ1) is 23.4. The van der Waals surface area contributed by atoms with E-state index in [9.17, 15) is 5.11 Å². The summed E-state index contributed by atoms with van der Waals surface area (Å²) in [5, 5.41) is 9.93. The second kappa shape index (κ2) is 12.5. The maximum atomic E-state index is 9.93. The van der Waals surface area contributed by atoms with Crippen molar-refractivity contribution in [2.75, 3.05) is 11.5 Å². The van der Waals surface area contributed by atoms with Crippen molar-refractivity contribution in [3.63, 3.8) is 0 Å². The number of benzene rings is 4. The van der Waals surface area contributed by atoms with Gasteiger partial charge < -0.3 is 5.11 Å². The summed E-state index contributed by atoms with van der Waals surface area (Å²) in [6.07, 6.45) is -0.277. The van der Waals surface area contributed by atoms with Crippen molar-refractivity contribution in [1.82, 2.24) is 0 Å². The van der Waals surface area contributed by atoms with Crippen LogP contribution in [0.5, 0.6) is 0 Å². The molecule has 0 fully saturated rings. The third-order valence-corrected chi connectivity index (χ3v) is 9.34. The van der Waals surface area contributed by atoms with Gasteiger partial charge >= 0.3 is 0 Å². The van der Waals surface area contributed by atoms with Gasteiger partial charge in [-0.25, -0.2) is 0 Å². The van der Waals surface area contributed by atoms with Gasteiger partial charge in [0.05, 0.1) is 6.10 Å². The Morgan fingerprint density at radius 3 is 1.44 bits per heavy atom. The summed E-state index contributed by atoms with van der Waals surface area (Å²) >= 11 is 7.14. The lowest BCUT2D eigenvalue weighted by Crippen LogP contribution is -2.12. The molecule has 0 spiro atoms. The molecular formula is C27H24OS4. The molecule has 1 heterocycles. The second-order valence-corrected chi connectivity index (χ2v) is 11.4. The molecule has 1 nitrogen and oxygen atoms in total. The standard InChI is InChI=1S/C15H16OS2.C12H8S2/c16-13(11-17-14-7-3-1-4-8-14)12-18-15-9-5-2-6-10-15;1-2-5-9(6-3-1)13-12-10-7-4-8-11(12)14-10/h1-10,13,16H,11-12H2;1-8H. The van der Waals surface area contributed by atoms with Crippen LogP contribution in [0.2, 0.25) is 0 Å². The number of hydrogen-bond donors (Lipinski definition) is 1. The van der Waals surface area contributed by atoms with Gasteiger partial charge in [0.2, 0.25) is 0 Å². The molecule has 5 rings (SSSR count). The third-order valence-electron chi connectivity index (χ3n) is 4.50. The van der Waals surface area contributed by atoms with Crippen molar-refractivity contribution in [3.05, 3.63) is 109 Å². The normalized spacial score (nSPS) is 11.4. The van der Waals surface area contributed by atoms with E-state index in [-0.39, 0.29) is 6.10 Å². The van der Waals surface area contributed by atoms with Gasteiger partial charge in [-0.2, -0.15) is 0 Å². The van der Waals surface area contributed by atoms with Crippen molar-refractivity contribution < 1.29 is 5.11 Å². The fraction of sp³-hybridized carbons (Fsp3) is 0.111. The zero-order valence-electron chi connectivity index (χ0n) is 17.5. The van der Waals surface area contributed by atoms with Crippen LogP contribution in [0.25, 0.3) is 0 Å². The molecule has 0 saturated heterocycles. The van der Waals surface area contributed by atoms with Crippen LogP contribution < -0.4 is 0 Å². The van der Waals surface area contributed by atoms with Crippen molar-refractivity contribution >= 4 is 47.0 Å². The molecule has 5 heteroatoms. The Kier molecular flexibility index (Phi) is 9.12. The highest BCUT2D eigenvalue weighted by atomic mass is 32.2. The first-order valence-corrected chi connectivity index (χ1v) is 14.0. The lowest BCUT2D eigenvalue weighted by Gasteiger charge is -2.21. The SMILES string of the molecule is OC(CSc1ccccc1)CSc1ccccc1.c1ccc(Sc2c3cccc2S3)cc1. The van der Waals surface area contributed by atoms with E-state index in [1.54, 1.807) is 23.5 Å². The zero-order chi connectivity index (χ0) is 22.0. The van der Waals surface area contributed by atoms with Crippen LogP contribution in [0.1, 0.15) is 0 Å². The Balaban J connectivity index is 0.000000157. The fourth-order valence-corrected chi connectivity index (χ4v) is 6.90. The van der Waals surface area contributed by atoms with E-state index in [1.807, 2.05) is 59.9 Å². The van der Waals surface area contributed by atoms with Crippen LogP contribution in [-0.2, 0) is 0 Å². The molecular weight excluding hydrogens is 469 g/mol. The number of rotatable bonds is 8. The quantitative estimate of drug-likeness (QED) is 0.219. The number of fused-ring (bicyclic) bond motifs is 2. The van der Waals surface area contributed by atoms with E-state index in [1.165, 1.54) is 29.4 Å². The molecule has 1 N–H and O–H groups in total. The van der Waals surface area contributed by atoms with Crippen LogP contribution in [0.4, 0.5) is 0 Å². The highest BCUT2D eigenvalue weighted by molar-refractivity contribution is 8.05. The van der Waals surface area contributed by atoms with Gasteiger partial charge in [-0.05, 0) is 48.5 Å². The lowest BCUT2D eigenvalue weighted by molar-refractivity contribution is 0.225. The summed E-state index contributed by atoms with van der Waals surface area (Å²) in [6.45, 7) is 0. The maximum absolute atomic E-state index is 9.93. The Morgan fingerprint density at radius 1 is 0.562 bits per heavy atom. The molecule has 0 radical (unpaired) electrons. The highest BCUT2D eigenvalue weighted by Gasteiger charge is 2.20. The van der Waals surface area contributed by atoms with Gasteiger partial charge in [-0.15, -0.1) is 23.5 Å². The zero-order valence-corrected chi connectivity index (χ0v) is 20.7. The summed E-state index contributed by atoms with van der Waals surface area (Å²) in [5.41, 5.74) is 0. The topological polar surface area (TPSA) is 20.2 Å².